The lowest BCUT2D eigenvalue weighted by Crippen LogP contribution is -2.41. The third kappa shape index (κ3) is 6.04. The first-order chi connectivity index (χ1) is 16.6. The molecule has 0 aliphatic heterocycles. The zero-order valence-corrected chi connectivity index (χ0v) is 21.3. The Labute approximate surface area is 209 Å². The van der Waals surface area contributed by atoms with Crippen LogP contribution in [0.25, 0.3) is 0 Å². The quantitative estimate of drug-likeness (QED) is 0.435. The Hall–Kier alpha value is -3.30. The van der Waals surface area contributed by atoms with E-state index in [1.165, 1.54) is 50.6 Å². The highest BCUT2D eigenvalue weighted by molar-refractivity contribution is 7.93. The van der Waals surface area contributed by atoms with Crippen LogP contribution < -0.4 is 19.1 Å². The molecule has 0 heterocycles. The number of carbonyl (C=O) groups is 1. The van der Waals surface area contributed by atoms with Crippen LogP contribution >= 0.6 is 11.6 Å². The molecule has 1 amide bonds. The summed E-state index contributed by atoms with van der Waals surface area (Å²) in [5.74, 6) is -0.465. The first kappa shape index (κ1) is 26.3. The summed E-state index contributed by atoms with van der Waals surface area (Å²) in [7, 11) is -1.45. The van der Waals surface area contributed by atoms with Crippen molar-refractivity contribution in [2.75, 3.05) is 25.1 Å². The van der Waals surface area contributed by atoms with Crippen molar-refractivity contribution in [1.82, 2.24) is 5.32 Å². The van der Waals surface area contributed by atoms with E-state index in [-0.39, 0.29) is 21.4 Å². The fourth-order valence-electron chi connectivity index (χ4n) is 3.48. The van der Waals surface area contributed by atoms with E-state index < -0.39 is 34.3 Å². The number of hydrogen-bond acceptors (Lipinski definition) is 5. The number of nitrogens with zero attached hydrogens (tertiary/aromatic N) is 1. The summed E-state index contributed by atoms with van der Waals surface area (Å²) in [6, 6.07) is 14.4. The molecule has 0 unspecified atom stereocenters. The van der Waals surface area contributed by atoms with Gasteiger partial charge in [0, 0.05) is 0 Å². The van der Waals surface area contributed by atoms with Crippen molar-refractivity contribution in [3.8, 4) is 11.5 Å². The maximum Gasteiger partial charge on any atom is 0.268 e. The largest absolute Gasteiger partial charge is 0.495 e. The number of sulfonamides is 1. The van der Waals surface area contributed by atoms with Crippen molar-refractivity contribution in [3.05, 3.63) is 82.6 Å². The van der Waals surface area contributed by atoms with Crippen LogP contribution in [-0.4, -0.2) is 35.1 Å². The van der Waals surface area contributed by atoms with Crippen LogP contribution in [-0.2, 0) is 14.8 Å². The Morgan fingerprint density at radius 1 is 1.03 bits per heavy atom. The number of halogens is 2. The van der Waals surface area contributed by atoms with E-state index in [9.17, 15) is 17.6 Å². The minimum absolute atomic E-state index is 0.0914. The monoisotopic (exact) mass is 520 g/mol. The lowest BCUT2D eigenvalue weighted by atomic mass is 10.1. The second-order valence-electron chi connectivity index (χ2n) is 7.83. The molecule has 35 heavy (non-hydrogen) atoms. The van der Waals surface area contributed by atoms with Crippen LogP contribution in [0.2, 0.25) is 5.02 Å². The average Bonchev–Trinajstić information content (AvgIpc) is 2.82. The first-order valence-electron chi connectivity index (χ1n) is 10.6. The van der Waals surface area contributed by atoms with Gasteiger partial charge in [-0.05, 0) is 67.4 Å². The van der Waals surface area contributed by atoms with Crippen molar-refractivity contribution >= 4 is 33.2 Å². The zero-order valence-electron chi connectivity index (χ0n) is 19.7. The van der Waals surface area contributed by atoms with Crippen LogP contribution in [0.5, 0.6) is 11.5 Å². The van der Waals surface area contributed by atoms with E-state index in [4.69, 9.17) is 21.1 Å². The van der Waals surface area contributed by atoms with Gasteiger partial charge in [-0.25, -0.2) is 12.8 Å². The molecule has 7 nitrogen and oxygen atoms in total. The Kier molecular flexibility index (Phi) is 8.24. The molecule has 0 bridgehead atoms. The summed E-state index contributed by atoms with van der Waals surface area (Å²) >= 11 is 6.26. The maximum absolute atomic E-state index is 13.8. The number of anilines is 1. The van der Waals surface area contributed by atoms with Crippen LogP contribution in [0.3, 0.4) is 0 Å². The van der Waals surface area contributed by atoms with Gasteiger partial charge in [0.15, 0.2) is 0 Å². The predicted octanol–water partition coefficient (Wildman–Crippen LogP) is 4.88. The number of aryl methyl sites for hydroxylation is 1. The fourth-order valence-corrected chi connectivity index (χ4v) is 5.39. The molecule has 0 aromatic heterocycles. The van der Waals surface area contributed by atoms with Crippen LogP contribution in [0.4, 0.5) is 10.1 Å². The second kappa shape index (κ2) is 11.0. The summed E-state index contributed by atoms with van der Waals surface area (Å²) in [5, 5.41) is 2.94. The minimum atomic E-state index is -4.26. The number of ether oxygens (including phenoxy) is 2. The van der Waals surface area contributed by atoms with E-state index >= 15 is 0 Å². The Morgan fingerprint density at radius 2 is 1.66 bits per heavy atom. The number of hydrogen-bond donors (Lipinski definition) is 1. The second-order valence-corrected chi connectivity index (χ2v) is 10.1. The van der Waals surface area contributed by atoms with E-state index in [2.05, 4.69) is 5.32 Å². The summed E-state index contributed by atoms with van der Waals surface area (Å²) < 4.78 is 52.3. The summed E-state index contributed by atoms with van der Waals surface area (Å²) in [6.45, 7) is 2.94. The summed E-state index contributed by atoms with van der Waals surface area (Å²) in [4.78, 5) is 12.9. The molecule has 0 radical (unpaired) electrons. The summed E-state index contributed by atoms with van der Waals surface area (Å²) in [5.41, 5.74) is 1.54. The van der Waals surface area contributed by atoms with E-state index in [1.54, 1.807) is 38.1 Å². The highest BCUT2D eigenvalue weighted by Crippen LogP contribution is 2.34. The topological polar surface area (TPSA) is 84.9 Å². The van der Waals surface area contributed by atoms with E-state index in [0.717, 1.165) is 4.31 Å². The Balaban J connectivity index is 2.00. The van der Waals surface area contributed by atoms with Gasteiger partial charge in [0.05, 0.1) is 31.0 Å². The molecule has 0 saturated carbocycles. The number of methoxy groups -OCH3 is 2. The van der Waals surface area contributed by atoms with Gasteiger partial charge in [0.2, 0.25) is 5.91 Å². The molecule has 3 rings (SSSR count). The molecule has 10 heteroatoms. The predicted molar refractivity (Wildman–Crippen MR) is 133 cm³/mol. The highest BCUT2D eigenvalue weighted by atomic mass is 35.5. The number of carbonyl (C=O) groups excluding carboxylic acids is 1. The molecule has 186 valence electrons. The van der Waals surface area contributed by atoms with Crippen molar-refractivity contribution < 1.29 is 27.1 Å². The zero-order chi connectivity index (χ0) is 25.8. The first-order valence-corrected chi connectivity index (χ1v) is 12.4. The van der Waals surface area contributed by atoms with Crippen LogP contribution in [0, 0.1) is 12.7 Å². The van der Waals surface area contributed by atoms with Gasteiger partial charge in [0.25, 0.3) is 10.0 Å². The van der Waals surface area contributed by atoms with E-state index in [1.807, 2.05) is 0 Å². The number of benzene rings is 3. The van der Waals surface area contributed by atoms with Gasteiger partial charge in [-0.2, -0.15) is 0 Å². The van der Waals surface area contributed by atoms with Crippen LogP contribution in [0.1, 0.15) is 24.1 Å². The Morgan fingerprint density at radius 3 is 2.26 bits per heavy atom. The molecule has 3 aromatic rings. The molecule has 3 aromatic carbocycles. The molecule has 1 atom stereocenters. The molecule has 1 N–H and O–H groups in total. The van der Waals surface area contributed by atoms with Gasteiger partial charge in [-0.15, -0.1) is 0 Å². The van der Waals surface area contributed by atoms with Crippen molar-refractivity contribution in [1.29, 1.82) is 0 Å². The number of amides is 1. The molecule has 0 fully saturated rings. The average molecular weight is 521 g/mol. The number of rotatable bonds is 9. The Bertz CT molecular complexity index is 1320. The highest BCUT2D eigenvalue weighted by Gasteiger charge is 2.31. The van der Waals surface area contributed by atoms with Gasteiger partial charge < -0.3 is 14.8 Å². The molecular formula is C25H26ClFN2O5S. The van der Waals surface area contributed by atoms with Gasteiger partial charge in [0.1, 0.15) is 28.8 Å². The van der Waals surface area contributed by atoms with Gasteiger partial charge >= 0.3 is 0 Å². The molecule has 0 saturated heterocycles. The van der Waals surface area contributed by atoms with Crippen molar-refractivity contribution in [2.45, 2.75) is 24.8 Å². The molecule has 0 spiro atoms. The lowest BCUT2D eigenvalue weighted by molar-refractivity contribution is -0.120. The van der Waals surface area contributed by atoms with Crippen molar-refractivity contribution in [3.63, 3.8) is 0 Å². The molecule has 0 aliphatic carbocycles. The smallest absolute Gasteiger partial charge is 0.268 e. The minimum Gasteiger partial charge on any atom is -0.495 e. The standard InChI is InChI=1S/C25H26ClFN2O5S/c1-16-5-11-23(34-4)24(13-16)35(31,32)29(20-10-12-22(33-3)21(26)14-20)15-25(30)28-17(2)18-6-8-19(27)9-7-18/h5-14,17H,15H2,1-4H3,(H,28,30)/t17-/m1/s1. The third-order valence-electron chi connectivity index (χ3n) is 5.35. The maximum atomic E-state index is 13.8. The third-order valence-corrected chi connectivity index (χ3v) is 7.44. The number of nitrogens with one attached hydrogen (secondary N) is 1. The fraction of sp³-hybridized carbons (Fsp3) is 0.240. The normalized spacial score (nSPS) is 12.1. The SMILES string of the molecule is COc1ccc(N(CC(=O)N[C@H](C)c2ccc(F)cc2)S(=O)(=O)c2cc(C)ccc2OC)cc1Cl. The lowest BCUT2D eigenvalue weighted by Gasteiger charge is -2.26. The van der Waals surface area contributed by atoms with Crippen LogP contribution in [0.15, 0.2) is 65.6 Å². The summed E-state index contributed by atoms with van der Waals surface area (Å²) in [6.07, 6.45) is 0. The van der Waals surface area contributed by atoms with Gasteiger partial charge in [-0.1, -0.05) is 29.8 Å². The molecular weight excluding hydrogens is 495 g/mol. The van der Waals surface area contributed by atoms with E-state index in [0.29, 0.717) is 16.9 Å². The van der Waals surface area contributed by atoms with Gasteiger partial charge in [-0.3, -0.25) is 9.10 Å². The molecule has 0 aliphatic rings. The van der Waals surface area contributed by atoms with Crippen molar-refractivity contribution in [2.24, 2.45) is 0 Å².